The molecule has 0 saturated carbocycles. The minimum Gasteiger partial charge on any atom is -0.464 e. The highest BCUT2D eigenvalue weighted by molar-refractivity contribution is 7.80. The Morgan fingerprint density at radius 1 is 1.30 bits per heavy atom. The normalized spacial score (nSPS) is 12.2. The van der Waals surface area contributed by atoms with Crippen LogP contribution in [-0.2, 0) is 9.53 Å². The van der Waals surface area contributed by atoms with Crippen molar-refractivity contribution in [3.05, 3.63) is 23.5 Å². The van der Waals surface area contributed by atoms with E-state index in [2.05, 4.69) is 17.6 Å². The van der Waals surface area contributed by atoms with Gasteiger partial charge in [0.05, 0.1) is 6.61 Å². The summed E-state index contributed by atoms with van der Waals surface area (Å²) >= 11 is 3.87. The smallest absolute Gasteiger partial charge is 0.329 e. The Labute approximate surface area is 118 Å². The maximum Gasteiger partial charge on any atom is 0.329 e. The first-order valence-electron chi connectivity index (χ1n) is 5.55. The third kappa shape index (κ3) is 3.14. The van der Waals surface area contributed by atoms with Gasteiger partial charge in [-0.3, -0.25) is 0 Å². The fourth-order valence-corrected chi connectivity index (χ4v) is 1.93. The van der Waals surface area contributed by atoms with Crippen molar-refractivity contribution in [3.8, 4) is 0 Å². The van der Waals surface area contributed by atoms with E-state index in [4.69, 9.17) is 4.74 Å². The molecule has 0 bridgehead atoms. The number of likely N-dealkylation sites (N-methyl/N-ethyl adjacent to an activating group) is 1. The molecule has 112 valence electrons. The maximum atomic E-state index is 13.6. The van der Waals surface area contributed by atoms with Crippen LogP contribution in [0.1, 0.15) is 6.92 Å². The van der Waals surface area contributed by atoms with E-state index in [1.807, 2.05) is 0 Å². The number of carbonyl (C=O) groups is 1. The first kappa shape index (κ1) is 16.5. The highest BCUT2D eigenvalue weighted by atomic mass is 32.1. The van der Waals surface area contributed by atoms with Gasteiger partial charge in [0.15, 0.2) is 0 Å². The van der Waals surface area contributed by atoms with Crippen LogP contribution in [0.15, 0.2) is 0 Å². The zero-order chi connectivity index (χ0) is 15.4. The highest BCUT2D eigenvalue weighted by Gasteiger charge is 2.31. The molecule has 0 radical (unpaired) electrons. The van der Waals surface area contributed by atoms with Gasteiger partial charge in [-0.05, 0) is 6.92 Å². The summed E-state index contributed by atoms with van der Waals surface area (Å²) in [5.74, 6) is -7.97. The molecule has 4 nitrogen and oxygen atoms in total. The van der Waals surface area contributed by atoms with E-state index >= 15 is 0 Å². The number of hydrogen-bond acceptors (Lipinski definition) is 5. The third-order valence-corrected chi connectivity index (χ3v) is 2.87. The van der Waals surface area contributed by atoms with Crippen LogP contribution in [0.3, 0.4) is 0 Å². The van der Waals surface area contributed by atoms with Gasteiger partial charge in [0.2, 0.25) is 11.6 Å². The van der Waals surface area contributed by atoms with Crippen LogP contribution >= 0.6 is 12.6 Å². The first-order chi connectivity index (χ1) is 9.34. The Hall–Kier alpha value is -1.51. The summed E-state index contributed by atoms with van der Waals surface area (Å²) < 4.78 is 57.9. The molecule has 1 aromatic rings. The quantitative estimate of drug-likeness (QED) is 0.390. The predicted molar refractivity (Wildman–Crippen MR) is 66.7 cm³/mol. The molecular weight excluding hydrogens is 300 g/mol. The third-order valence-electron chi connectivity index (χ3n) is 2.53. The van der Waals surface area contributed by atoms with Gasteiger partial charge in [0.25, 0.3) is 11.9 Å². The minimum absolute atomic E-state index is 0.0426. The van der Waals surface area contributed by atoms with Gasteiger partial charge < -0.3 is 9.64 Å². The molecule has 0 aromatic carbocycles. The van der Waals surface area contributed by atoms with Gasteiger partial charge in [-0.1, -0.05) is 0 Å². The standard InChI is InChI=1S/C11H12F4N2O2S/c1-3-19-11(18)5(4-20)17(2)8-6(12)9(14)16-10(15)7(8)13/h5,20H,3-4H2,1-2H3. The van der Waals surface area contributed by atoms with Crippen molar-refractivity contribution in [1.82, 2.24) is 4.98 Å². The van der Waals surface area contributed by atoms with Crippen LogP contribution in [-0.4, -0.2) is 36.4 Å². The number of esters is 1. The molecule has 20 heavy (non-hydrogen) atoms. The van der Waals surface area contributed by atoms with Crippen molar-refractivity contribution in [2.45, 2.75) is 13.0 Å². The van der Waals surface area contributed by atoms with E-state index in [1.165, 1.54) is 0 Å². The van der Waals surface area contributed by atoms with Crippen molar-refractivity contribution in [1.29, 1.82) is 0 Å². The topological polar surface area (TPSA) is 42.4 Å². The Bertz CT molecular complexity index is 489. The lowest BCUT2D eigenvalue weighted by atomic mass is 10.2. The molecule has 1 aromatic heterocycles. The molecule has 0 fully saturated rings. The van der Waals surface area contributed by atoms with Crippen molar-refractivity contribution in [3.63, 3.8) is 0 Å². The second-order valence-corrected chi connectivity index (χ2v) is 4.10. The summed E-state index contributed by atoms with van der Waals surface area (Å²) in [4.78, 5) is 14.8. The van der Waals surface area contributed by atoms with E-state index < -0.39 is 41.2 Å². The predicted octanol–water partition coefficient (Wildman–Crippen LogP) is 1.94. The summed E-state index contributed by atoms with van der Waals surface area (Å²) in [6, 6.07) is -1.21. The van der Waals surface area contributed by atoms with Crippen LogP contribution in [0.4, 0.5) is 23.2 Å². The summed E-state index contributed by atoms with van der Waals surface area (Å²) in [5, 5.41) is 0. The SMILES string of the molecule is CCOC(=O)C(CS)N(C)c1c(F)c(F)nc(F)c1F. The maximum absolute atomic E-state index is 13.6. The van der Waals surface area contributed by atoms with Crippen LogP contribution in [0.5, 0.6) is 0 Å². The number of aromatic nitrogens is 1. The van der Waals surface area contributed by atoms with Crippen molar-refractivity contribution >= 4 is 24.3 Å². The average molecular weight is 312 g/mol. The van der Waals surface area contributed by atoms with Crippen LogP contribution in [0.2, 0.25) is 0 Å². The van der Waals surface area contributed by atoms with Crippen molar-refractivity contribution in [2.75, 3.05) is 24.3 Å². The number of ether oxygens (including phenoxy) is 1. The molecule has 0 aliphatic carbocycles. The number of carbonyl (C=O) groups excluding carboxylic acids is 1. The fourth-order valence-electron chi connectivity index (χ4n) is 1.54. The zero-order valence-corrected chi connectivity index (χ0v) is 11.6. The van der Waals surface area contributed by atoms with Crippen LogP contribution < -0.4 is 4.90 Å². The minimum atomic E-state index is -1.80. The van der Waals surface area contributed by atoms with E-state index in [9.17, 15) is 22.4 Å². The lowest BCUT2D eigenvalue weighted by Gasteiger charge is -2.27. The van der Waals surface area contributed by atoms with Crippen LogP contribution in [0.25, 0.3) is 0 Å². The molecule has 0 saturated heterocycles. The van der Waals surface area contributed by atoms with E-state index in [0.29, 0.717) is 0 Å². The largest absolute Gasteiger partial charge is 0.464 e. The summed E-state index contributed by atoms with van der Waals surface area (Å²) in [7, 11) is 1.10. The Kier molecular flexibility index (Phi) is 5.61. The molecule has 0 N–H and O–H groups in total. The van der Waals surface area contributed by atoms with E-state index in [0.717, 1.165) is 11.9 Å². The molecule has 1 atom stereocenters. The lowest BCUT2D eigenvalue weighted by molar-refractivity contribution is -0.144. The second-order valence-electron chi connectivity index (χ2n) is 3.73. The highest BCUT2D eigenvalue weighted by Crippen LogP contribution is 2.27. The fraction of sp³-hybridized carbons (Fsp3) is 0.455. The molecule has 0 aliphatic rings. The monoisotopic (exact) mass is 312 g/mol. The molecule has 0 aliphatic heterocycles. The number of nitrogens with zero attached hydrogens (tertiary/aromatic N) is 2. The Morgan fingerprint density at radius 3 is 2.20 bits per heavy atom. The Morgan fingerprint density at radius 2 is 1.80 bits per heavy atom. The van der Waals surface area contributed by atoms with Gasteiger partial charge in [-0.25, -0.2) is 4.79 Å². The molecule has 1 rings (SSSR count). The molecule has 9 heteroatoms. The molecule has 1 heterocycles. The number of pyridine rings is 1. The molecule has 1 unspecified atom stereocenters. The zero-order valence-electron chi connectivity index (χ0n) is 10.7. The van der Waals surface area contributed by atoms with Crippen molar-refractivity contribution < 1.29 is 27.1 Å². The van der Waals surface area contributed by atoms with Gasteiger partial charge in [-0.15, -0.1) is 0 Å². The van der Waals surface area contributed by atoms with Gasteiger partial charge in [0, 0.05) is 12.8 Å². The number of anilines is 1. The average Bonchev–Trinajstić information content (AvgIpc) is 2.38. The van der Waals surface area contributed by atoms with E-state index in [-0.39, 0.29) is 12.4 Å². The van der Waals surface area contributed by atoms with E-state index in [1.54, 1.807) is 6.92 Å². The molecule has 0 amide bonds. The number of halogens is 4. The summed E-state index contributed by atoms with van der Waals surface area (Å²) in [6.07, 6.45) is 0. The van der Waals surface area contributed by atoms with Gasteiger partial charge >= 0.3 is 5.97 Å². The van der Waals surface area contributed by atoms with Gasteiger partial charge in [0.1, 0.15) is 11.7 Å². The molecule has 0 spiro atoms. The molecular formula is C11H12F4N2O2S. The van der Waals surface area contributed by atoms with Gasteiger partial charge in [-0.2, -0.15) is 35.2 Å². The Balaban J connectivity index is 3.25. The first-order valence-corrected chi connectivity index (χ1v) is 6.18. The summed E-state index contributed by atoms with van der Waals surface area (Å²) in [5.41, 5.74) is -1.04. The van der Waals surface area contributed by atoms with Crippen molar-refractivity contribution in [2.24, 2.45) is 0 Å². The number of thiol groups is 1. The summed E-state index contributed by atoms with van der Waals surface area (Å²) in [6.45, 7) is 1.58. The van der Waals surface area contributed by atoms with Crippen LogP contribution in [0, 0.1) is 23.5 Å². The second kappa shape index (κ2) is 6.78. The number of hydrogen-bond donors (Lipinski definition) is 1. The number of rotatable bonds is 5. The lowest BCUT2D eigenvalue weighted by Crippen LogP contribution is -2.42.